The number of carbonyl (C=O) groups excluding carboxylic acids is 2. The minimum Gasteiger partial charge on any atom is -0.462 e. The Bertz CT molecular complexity index is 364. The average molecular weight is 342 g/mol. The van der Waals surface area contributed by atoms with Gasteiger partial charge in [-0.15, -0.1) is 0 Å². The third kappa shape index (κ3) is 14.0. The number of hydrogen-bond acceptors (Lipinski definition) is 6. The fourth-order valence-electron chi connectivity index (χ4n) is 1.63. The summed E-state index contributed by atoms with van der Waals surface area (Å²) in [5, 5.41) is 18.7. The van der Waals surface area contributed by atoms with E-state index in [1.54, 1.807) is 24.3 Å². The van der Waals surface area contributed by atoms with Crippen molar-refractivity contribution in [2.45, 2.75) is 64.6 Å². The van der Waals surface area contributed by atoms with Crippen molar-refractivity contribution in [3.63, 3.8) is 0 Å². The van der Waals surface area contributed by atoms with Gasteiger partial charge in [0.1, 0.15) is 13.2 Å². The van der Waals surface area contributed by atoms with Crippen LogP contribution in [0.4, 0.5) is 0 Å². The minimum absolute atomic E-state index is 0.0221. The number of aliphatic hydroxyl groups excluding tert-OH is 2. The quantitative estimate of drug-likeness (QED) is 0.303. The zero-order chi connectivity index (χ0) is 18.2. The second kappa shape index (κ2) is 14.9. The molecule has 6 nitrogen and oxygen atoms in total. The molecule has 0 aliphatic rings. The van der Waals surface area contributed by atoms with E-state index < -0.39 is 11.9 Å². The van der Waals surface area contributed by atoms with Gasteiger partial charge in [-0.3, -0.25) is 9.59 Å². The first-order valence-electron chi connectivity index (χ1n) is 8.46. The molecule has 0 aliphatic heterocycles. The van der Waals surface area contributed by atoms with Crippen molar-refractivity contribution >= 4 is 11.9 Å². The fraction of sp³-hybridized carbons (Fsp3) is 0.667. The number of esters is 2. The topological polar surface area (TPSA) is 93.1 Å². The molecular formula is C18H30O6. The standard InChI is InChI=1S/C18H30O6/c1-3-15(19)9-5-7-11-17(21)23-13-14-24-18(22)12-8-6-10-16(20)4-2/h5-8,15-16,19-20H,3-4,9-14H2,1-2H3. The van der Waals surface area contributed by atoms with Crippen LogP contribution < -0.4 is 0 Å². The Kier molecular flexibility index (Phi) is 13.9. The Labute approximate surface area is 144 Å². The highest BCUT2D eigenvalue weighted by molar-refractivity contribution is 5.71. The Balaban J connectivity index is 3.63. The van der Waals surface area contributed by atoms with Gasteiger partial charge < -0.3 is 19.7 Å². The van der Waals surface area contributed by atoms with Gasteiger partial charge >= 0.3 is 11.9 Å². The van der Waals surface area contributed by atoms with Crippen molar-refractivity contribution in [1.29, 1.82) is 0 Å². The Morgan fingerprint density at radius 1 is 0.792 bits per heavy atom. The van der Waals surface area contributed by atoms with Gasteiger partial charge in [-0.25, -0.2) is 0 Å². The summed E-state index contributed by atoms with van der Waals surface area (Å²) in [6.45, 7) is 3.82. The van der Waals surface area contributed by atoms with Gasteiger partial charge in [0.15, 0.2) is 0 Å². The van der Waals surface area contributed by atoms with Crippen LogP contribution in [0.15, 0.2) is 24.3 Å². The fourth-order valence-corrected chi connectivity index (χ4v) is 1.63. The van der Waals surface area contributed by atoms with Crippen molar-refractivity contribution in [1.82, 2.24) is 0 Å². The van der Waals surface area contributed by atoms with Crippen LogP contribution in [0.5, 0.6) is 0 Å². The first-order valence-corrected chi connectivity index (χ1v) is 8.46. The number of hydrogen-bond donors (Lipinski definition) is 2. The molecule has 0 radical (unpaired) electrons. The van der Waals surface area contributed by atoms with Crippen LogP contribution in [0.2, 0.25) is 0 Å². The van der Waals surface area contributed by atoms with E-state index >= 15 is 0 Å². The summed E-state index contributed by atoms with van der Waals surface area (Å²) >= 11 is 0. The summed E-state index contributed by atoms with van der Waals surface area (Å²) in [5.74, 6) is -0.802. The molecule has 0 heterocycles. The number of rotatable bonds is 13. The molecule has 0 aliphatic carbocycles. The van der Waals surface area contributed by atoms with Gasteiger partial charge in [-0.1, -0.05) is 38.2 Å². The second-order valence-corrected chi connectivity index (χ2v) is 5.39. The van der Waals surface area contributed by atoms with Crippen molar-refractivity contribution in [3.05, 3.63) is 24.3 Å². The number of aliphatic hydroxyl groups is 2. The van der Waals surface area contributed by atoms with E-state index in [0.717, 1.165) is 0 Å². The summed E-state index contributed by atoms with van der Waals surface area (Å²) < 4.78 is 9.83. The lowest BCUT2D eigenvalue weighted by Gasteiger charge is -2.05. The highest BCUT2D eigenvalue weighted by Gasteiger charge is 2.03. The van der Waals surface area contributed by atoms with Gasteiger partial charge in [0.05, 0.1) is 25.0 Å². The van der Waals surface area contributed by atoms with Gasteiger partial charge in [-0.2, -0.15) is 0 Å². The molecule has 0 saturated carbocycles. The van der Waals surface area contributed by atoms with E-state index in [1.807, 2.05) is 13.8 Å². The normalized spacial score (nSPS) is 14.0. The molecule has 138 valence electrons. The van der Waals surface area contributed by atoms with E-state index in [2.05, 4.69) is 0 Å². The molecule has 6 heteroatoms. The third-order valence-electron chi connectivity index (χ3n) is 3.27. The minimum atomic E-state index is -0.401. The van der Waals surface area contributed by atoms with Gasteiger partial charge in [0.25, 0.3) is 0 Å². The zero-order valence-electron chi connectivity index (χ0n) is 14.6. The van der Waals surface area contributed by atoms with Crippen LogP contribution in [0, 0.1) is 0 Å². The predicted octanol–water partition coefficient (Wildman–Crippen LogP) is 2.29. The number of ether oxygens (including phenoxy) is 2. The van der Waals surface area contributed by atoms with Gasteiger partial charge in [0, 0.05) is 0 Å². The zero-order valence-corrected chi connectivity index (χ0v) is 14.6. The predicted molar refractivity (Wildman–Crippen MR) is 91.3 cm³/mol. The van der Waals surface area contributed by atoms with Crippen molar-refractivity contribution in [2.75, 3.05) is 13.2 Å². The molecule has 0 aromatic rings. The molecule has 0 aromatic carbocycles. The maximum Gasteiger partial charge on any atom is 0.309 e. The monoisotopic (exact) mass is 342 g/mol. The van der Waals surface area contributed by atoms with Crippen LogP contribution in [0.1, 0.15) is 52.4 Å². The first kappa shape index (κ1) is 22.3. The van der Waals surface area contributed by atoms with E-state index in [9.17, 15) is 19.8 Å². The van der Waals surface area contributed by atoms with Crippen molar-refractivity contribution in [2.24, 2.45) is 0 Å². The molecule has 2 atom stereocenters. The lowest BCUT2D eigenvalue weighted by Crippen LogP contribution is -2.13. The average Bonchev–Trinajstić information content (AvgIpc) is 2.58. The summed E-state index contributed by atoms with van der Waals surface area (Å²) in [6.07, 6.45) is 8.70. The first-order chi connectivity index (χ1) is 11.5. The highest BCUT2D eigenvalue weighted by atomic mass is 16.6. The van der Waals surface area contributed by atoms with Crippen LogP contribution in [-0.2, 0) is 19.1 Å². The van der Waals surface area contributed by atoms with E-state index in [0.29, 0.717) is 25.7 Å². The molecule has 0 fully saturated rings. The van der Waals surface area contributed by atoms with Gasteiger partial charge in [-0.05, 0) is 25.7 Å². The lowest BCUT2D eigenvalue weighted by molar-refractivity contribution is -0.151. The van der Waals surface area contributed by atoms with Crippen molar-refractivity contribution < 1.29 is 29.3 Å². The van der Waals surface area contributed by atoms with E-state index in [-0.39, 0.29) is 38.3 Å². The summed E-state index contributed by atoms with van der Waals surface area (Å²) in [4.78, 5) is 22.8. The maximum atomic E-state index is 11.4. The van der Waals surface area contributed by atoms with Gasteiger partial charge in [0.2, 0.25) is 0 Å². The summed E-state index contributed by atoms with van der Waals surface area (Å²) in [7, 11) is 0. The SMILES string of the molecule is CCC(O)CC=CCC(=O)OCCOC(=O)CC=CCC(O)CC. The van der Waals surface area contributed by atoms with E-state index in [1.165, 1.54) is 0 Å². The molecule has 0 spiro atoms. The van der Waals surface area contributed by atoms with Crippen LogP contribution >= 0.6 is 0 Å². The molecule has 2 N–H and O–H groups in total. The van der Waals surface area contributed by atoms with Crippen LogP contribution in [0.25, 0.3) is 0 Å². The van der Waals surface area contributed by atoms with Crippen molar-refractivity contribution in [3.8, 4) is 0 Å². The summed E-state index contributed by atoms with van der Waals surface area (Å²) in [6, 6.07) is 0. The van der Waals surface area contributed by atoms with Crippen LogP contribution in [-0.4, -0.2) is 47.6 Å². The second-order valence-electron chi connectivity index (χ2n) is 5.39. The molecular weight excluding hydrogens is 312 g/mol. The highest BCUT2D eigenvalue weighted by Crippen LogP contribution is 2.00. The molecule has 24 heavy (non-hydrogen) atoms. The Morgan fingerprint density at radius 3 is 1.50 bits per heavy atom. The lowest BCUT2D eigenvalue weighted by atomic mass is 10.2. The summed E-state index contributed by atoms with van der Waals surface area (Å²) in [5.41, 5.74) is 0. The maximum absolute atomic E-state index is 11.4. The molecule has 0 aromatic heterocycles. The Hall–Kier alpha value is -1.66. The number of carbonyl (C=O) groups is 2. The molecule has 0 saturated heterocycles. The van der Waals surface area contributed by atoms with E-state index in [4.69, 9.17) is 9.47 Å². The molecule has 0 rings (SSSR count). The Morgan fingerprint density at radius 2 is 1.17 bits per heavy atom. The molecule has 2 unspecified atom stereocenters. The molecule has 0 bridgehead atoms. The van der Waals surface area contributed by atoms with Crippen LogP contribution in [0.3, 0.4) is 0 Å². The largest absolute Gasteiger partial charge is 0.462 e. The third-order valence-corrected chi connectivity index (χ3v) is 3.27. The molecule has 0 amide bonds. The smallest absolute Gasteiger partial charge is 0.309 e.